The summed E-state index contributed by atoms with van der Waals surface area (Å²) in [4.78, 5) is 21.6. The maximum absolute atomic E-state index is 13.4. The molecule has 0 radical (unpaired) electrons. The van der Waals surface area contributed by atoms with Gasteiger partial charge in [-0.25, -0.2) is 0 Å². The minimum absolute atomic E-state index is 0.200. The summed E-state index contributed by atoms with van der Waals surface area (Å²) >= 11 is 0. The topological polar surface area (TPSA) is 48.6 Å². The Bertz CT molecular complexity index is 902. The van der Waals surface area contributed by atoms with Crippen LogP contribution in [0.1, 0.15) is 61.1 Å². The largest absolute Gasteiger partial charge is 0.373 e. The third-order valence-corrected chi connectivity index (χ3v) is 7.28. The number of hydrogen-bond acceptors (Lipinski definition) is 3. The molecule has 5 rings (SSSR count). The Morgan fingerprint density at radius 2 is 1.83 bits per heavy atom. The number of fused-ring (bicyclic) bond motifs is 3. The third-order valence-electron chi connectivity index (χ3n) is 7.28. The summed E-state index contributed by atoms with van der Waals surface area (Å²) in [5, 5.41) is 1.26. The SMILES string of the molecule is CC1CN(CC2CCN(C(=O)c3cccc4c5c([nH]c34)CCCC5)CC2)CC(C)O1. The molecule has 0 saturated carbocycles. The minimum Gasteiger partial charge on any atom is -0.373 e. The minimum atomic E-state index is 0.200. The molecule has 2 saturated heterocycles. The van der Waals surface area contributed by atoms with Crippen LogP contribution in [0.3, 0.4) is 0 Å². The van der Waals surface area contributed by atoms with Crippen molar-refractivity contribution in [3.05, 3.63) is 35.0 Å². The van der Waals surface area contributed by atoms with E-state index in [9.17, 15) is 4.79 Å². The van der Waals surface area contributed by atoms with E-state index in [4.69, 9.17) is 4.74 Å². The number of para-hydroxylation sites is 1. The number of aromatic amines is 1. The molecule has 3 aliphatic rings. The summed E-state index contributed by atoms with van der Waals surface area (Å²) in [6.07, 6.45) is 7.60. The fraction of sp³-hybridized carbons (Fsp3) is 0.640. The second kappa shape index (κ2) is 8.35. The highest BCUT2D eigenvalue weighted by Gasteiger charge is 2.29. The van der Waals surface area contributed by atoms with E-state index in [1.165, 1.54) is 29.5 Å². The number of nitrogens with one attached hydrogen (secondary N) is 1. The predicted octanol–water partition coefficient (Wildman–Crippen LogP) is 4.01. The van der Waals surface area contributed by atoms with Crippen molar-refractivity contribution in [2.24, 2.45) is 5.92 Å². The quantitative estimate of drug-likeness (QED) is 0.833. The number of likely N-dealkylation sites (tertiary alicyclic amines) is 1. The number of amides is 1. The molecule has 0 spiro atoms. The average Bonchev–Trinajstić information content (AvgIpc) is 3.12. The summed E-state index contributed by atoms with van der Waals surface area (Å²) in [5.41, 5.74) is 4.71. The monoisotopic (exact) mass is 409 g/mol. The Kier molecular flexibility index (Phi) is 5.59. The first kappa shape index (κ1) is 20.1. The number of aryl methyl sites for hydroxylation is 2. The molecular formula is C25H35N3O2. The Morgan fingerprint density at radius 1 is 1.10 bits per heavy atom. The van der Waals surface area contributed by atoms with Gasteiger partial charge in [0.15, 0.2) is 0 Å². The summed E-state index contributed by atoms with van der Waals surface area (Å²) in [5.74, 6) is 0.881. The number of rotatable bonds is 3. The van der Waals surface area contributed by atoms with Crippen molar-refractivity contribution in [3.8, 4) is 0 Å². The Labute approximate surface area is 179 Å². The van der Waals surface area contributed by atoms with Crippen molar-refractivity contribution in [1.29, 1.82) is 0 Å². The fourth-order valence-corrected chi connectivity index (χ4v) is 5.90. The van der Waals surface area contributed by atoms with Gasteiger partial charge in [0.2, 0.25) is 0 Å². The van der Waals surface area contributed by atoms with Crippen molar-refractivity contribution < 1.29 is 9.53 Å². The van der Waals surface area contributed by atoms with Gasteiger partial charge in [-0.2, -0.15) is 0 Å². The standard InChI is InChI=1S/C25H35N3O2/c1-17-14-27(15-18(2)30-17)16-19-10-12-28(13-11-19)25(29)22-8-5-7-21-20-6-3-4-9-23(20)26-24(21)22/h5,7-8,17-19,26H,3-4,6,9-16H2,1-2H3. The molecule has 2 atom stereocenters. The van der Waals surface area contributed by atoms with Crippen LogP contribution in [0.4, 0.5) is 0 Å². The Morgan fingerprint density at radius 3 is 2.60 bits per heavy atom. The summed E-state index contributed by atoms with van der Waals surface area (Å²) in [7, 11) is 0. The molecule has 2 aromatic rings. The summed E-state index contributed by atoms with van der Waals surface area (Å²) < 4.78 is 5.87. The lowest BCUT2D eigenvalue weighted by molar-refractivity contribution is -0.0728. The second-order valence-corrected chi connectivity index (χ2v) is 9.73. The highest BCUT2D eigenvalue weighted by atomic mass is 16.5. The van der Waals surface area contributed by atoms with Crippen LogP contribution in [0.15, 0.2) is 18.2 Å². The number of piperidine rings is 1. The van der Waals surface area contributed by atoms with E-state index >= 15 is 0 Å². The first-order chi connectivity index (χ1) is 14.6. The number of carbonyl (C=O) groups excluding carboxylic acids is 1. The van der Waals surface area contributed by atoms with Crippen LogP contribution in [0.2, 0.25) is 0 Å². The molecule has 1 amide bonds. The lowest BCUT2D eigenvalue weighted by Gasteiger charge is -2.39. The lowest BCUT2D eigenvalue weighted by Crippen LogP contribution is -2.48. The molecule has 1 aromatic heterocycles. The molecule has 0 bridgehead atoms. The van der Waals surface area contributed by atoms with Gasteiger partial charge in [-0.05, 0) is 69.9 Å². The fourth-order valence-electron chi connectivity index (χ4n) is 5.90. The van der Waals surface area contributed by atoms with Gasteiger partial charge in [0.25, 0.3) is 5.91 Å². The number of hydrogen-bond donors (Lipinski definition) is 1. The molecule has 2 aliphatic heterocycles. The zero-order valence-electron chi connectivity index (χ0n) is 18.5. The molecule has 30 heavy (non-hydrogen) atoms. The van der Waals surface area contributed by atoms with Gasteiger partial charge in [-0.3, -0.25) is 9.69 Å². The average molecular weight is 410 g/mol. The van der Waals surface area contributed by atoms with Gasteiger partial charge >= 0.3 is 0 Å². The number of ether oxygens (including phenoxy) is 1. The number of benzene rings is 1. The number of carbonyl (C=O) groups is 1. The van der Waals surface area contributed by atoms with Gasteiger partial charge in [0, 0.05) is 43.8 Å². The molecule has 2 fully saturated rings. The van der Waals surface area contributed by atoms with Crippen LogP contribution < -0.4 is 0 Å². The zero-order valence-corrected chi connectivity index (χ0v) is 18.5. The smallest absolute Gasteiger partial charge is 0.255 e. The maximum Gasteiger partial charge on any atom is 0.255 e. The number of nitrogens with zero attached hydrogens (tertiary/aromatic N) is 2. The van der Waals surface area contributed by atoms with Gasteiger partial charge in [0.05, 0.1) is 23.3 Å². The molecule has 2 unspecified atom stereocenters. The summed E-state index contributed by atoms with van der Waals surface area (Å²) in [6.45, 7) is 9.28. The van der Waals surface area contributed by atoms with Crippen molar-refractivity contribution in [3.63, 3.8) is 0 Å². The van der Waals surface area contributed by atoms with Crippen LogP contribution in [0, 0.1) is 5.92 Å². The molecule has 1 aromatic carbocycles. The highest BCUT2D eigenvalue weighted by molar-refractivity contribution is 6.06. The second-order valence-electron chi connectivity index (χ2n) is 9.73. The van der Waals surface area contributed by atoms with Crippen LogP contribution in [0.25, 0.3) is 10.9 Å². The number of H-pyrrole nitrogens is 1. The molecule has 1 N–H and O–H groups in total. The van der Waals surface area contributed by atoms with Crippen molar-refractivity contribution in [2.45, 2.75) is 64.6 Å². The Balaban J connectivity index is 1.25. The maximum atomic E-state index is 13.4. The van der Waals surface area contributed by atoms with Crippen LogP contribution >= 0.6 is 0 Å². The number of morpholine rings is 1. The van der Waals surface area contributed by atoms with E-state index in [2.05, 4.69) is 40.8 Å². The first-order valence-corrected chi connectivity index (χ1v) is 11.9. The molecule has 5 nitrogen and oxygen atoms in total. The van der Waals surface area contributed by atoms with E-state index in [0.717, 1.165) is 69.5 Å². The van der Waals surface area contributed by atoms with E-state index in [-0.39, 0.29) is 5.91 Å². The van der Waals surface area contributed by atoms with E-state index in [0.29, 0.717) is 18.1 Å². The Hall–Kier alpha value is -1.85. The molecule has 1 aliphatic carbocycles. The zero-order chi connectivity index (χ0) is 20.7. The van der Waals surface area contributed by atoms with Crippen molar-refractivity contribution in [1.82, 2.24) is 14.8 Å². The van der Waals surface area contributed by atoms with Crippen LogP contribution in [0.5, 0.6) is 0 Å². The van der Waals surface area contributed by atoms with Gasteiger partial charge in [-0.15, -0.1) is 0 Å². The molecule has 162 valence electrons. The third kappa shape index (κ3) is 3.90. The molecule has 5 heteroatoms. The summed E-state index contributed by atoms with van der Waals surface area (Å²) in [6, 6.07) is 6.25. The van der Waals surface area contributed by atoms with Gasteiger partial charge in [-0.1, -0.05) is 12.1 Å². The van der Waals surface area contributed by atoms with E-state index in [1.807, 2.05) is 6.07 Å². The highest BCUT2D eigenvalue weighted by Crippen LogP contribution is 2.32. The van der Waals surface area contributed by atoms with Crippen molar-refractivity contribution in [2.75, 3.05) is 32.7 Å². The van der Waals surface area contributed by atoms with Crippen LogP contribution in [-0.4, -0.2) is 65.6 Å². The van der Waals surface area contributed by atoms with Gasteiger partial charge < -0.3 is 14.6 Å². The number of aromatic nitrogens is 1. The van der Waals surface area contributed by atoms with Gasteiger partial charge in [0.1, 0.15) is 0 Å². The molecule has 3 heterocycles. The lowest BCUT2D eigenvalue weighted by atomic mass is 9.94. The van der Waals surface area contributed by atoms with Crippen molar-refractivity contribution >= 4 is 16.8 Å². The predicted molar refractivity (Wildman–Crippen MR) is 120 cm³/mol. The van der Waals surface area contributed by atoms with E-state index in [1.54, 1.807) is 0 Å². The van der Waals surface area contributed by atoms with E-state index < -0.39 is 0 Å². The molecular weight excluding hydrogens is 374 g/mol. The normalized spacial score (nSPS) is 26.1. The first-order valence-electron chi connectivity index (χ1n) is 11.9. The van der Waals surface area contributed by atoms with Crippen LogP contribution in [-0.2, 0) is 17.6 Å².